The van der Waals surface area contributed by atoms with E-state index in [9.17, 15) is 15.0 Å². The minimum absolute atomic E-state index is 0.0552. The van der Waals surface area contributed by atoms with Crippen molar-refractivity contribution in [3.63, 3.8) is 0 Å². The Morgan fingerprint density at radius 1 is 1.50 bits per heavy atom. The molecule has 0 radical (unpaired) electrons. The van der Waals surface area contributed by atoms with Gasteiger partial charge in [0, 0.05) is 12.4 Å². The zero-order valence-electron chi connectivity index (χ0n) is 8.50. The van der Waals surface area contributed by atoms with Crippen LogP contribution in [0, 0.1) is 0 Å². The zero-order valence-corrected chi connectivity index (χ0v) is 10.1. The first-order chi connectivity index (χ1) is 7.54. The molecule has 0 aromatic carbocycles. The van der Waals surface area contributed by atoms with Gasteiger partial charge in [-0.15, -0.1) is 0 Å². The van der Waals surface area contributed by atoms with Crippen LogP contribution in [0.1, 0.15) is 18.3 Å². The van der Waals surface area contributed by atoms with Crippen LogP contribution in [0.15, 0.2) is 16.9 Å². The lowest BCUT2D eigenvalue weighted by Gasteiger charge is -2.15. The quantitative estimate of drug-likeness (QED) is 0.770. The van der Waals surface area contributed by atoms with E-state index < -0.39 is 18.2 Å². The molecule has 0 fully saturated rings. The molecule has 0 saturated carbocycles. The lowest BCUT2D eigenvalue weighted by Crippen LogP contribution is -2.24. The van der Waals surface area contributed by atoms with E-state index in [4.69, 9.17) is 0 Å². The number of aliphatic hydroxyl groups is 2. The molecule has 2 atom stereocenters. The molecule has 16 heavy (non-hydrogen) atoms. The Balaban J connectivity index is 2.66. The Hall–Kier alpha value is -1.05. The zero-order chi connectivity index (χ0) is 12.1. The summed E-state index contributed by atoms with van der Waals surface area (Å²) in [6.07, 6.45) is -0.0231. The van der Waals surface area contributed by atoms with Crippen molar-refractivity contribution in [3.8, 4) is 0 Å². The number of esters is 1. The Kier molecular flexibility index (Phi) is 4.78. The number of rotatable bonds is 4. The number of aromatic nitrogens is 2. The number of halogens is 1. The predicted molar refractivity (Wildman–Crippen MR) is 57.3 cm³/mol. The molecule has 2 N–H and O–H groups in total. The first kappa shape index (κ1) is 13.0. The van der Waals surface area contributed by atoms with Crippen molar-refractivity contribution in [2.45, 2.75) is 18.6 Å². The average Bonchev–Trinajstić information content (AvgIpc) is 2.28. The third kappa shape index (κ3) is 3.51. The molecule has 6 nitrogen and oxygen atoms in total. The van der Waals surface area contributed by atoms with Crippen molar-refractivity contribution < 1.29 is 19.7 Å². The summed E-state index contributed by atoms with van der Waals surface area (Å²) < 4.78 is 5.03. The van der Waals surface area contributed by atoms with Crippen LogP contribution in [0.25, 0.3) is 0 Å². The van der Waals surface area contributed by atoms with Crippen LogP contribution < -0.4 is 0 Å². The molecule has 0 aliphatic carbocycles. The van der Waals surface area contributed by atoms with Gasteiger partial charge in [-0.05, 0) is 15.9 Å². The van der Waals surface area contributed by atoms with Gasteiger partial charge in [-0.2, -0.15) is 0 Å². The number of carbonyl (C=O) groups excluding carboxylic acids is 1. The minimum Gasteiger partial charge on any atom is -0.469 e. The fourth-order valence-corrected chi connectivity index (χ4v) is 1.22. The molecule has 7 heteroatoms. The lowest BCUT2D eigenvalue weighted by molar-refractivity contribution is -0.144. The average molecular weight is 291 g/mol. The van der Waals surface area contributed by atoms with Gasteiger partial charge < -0.3 is 14.9 Å². The first-order valence-corrected chi connectivity index (χ1v) is 5.24. The number of ether oxygens (including phenoxy) is 1. The molecule has 0 saturated heterocycles. The van der Waals surface area contributed by atoms with Gasteiger partial charge >= 0.3 is 5.97 Å². The summed E-state index contributed by atoms with van der Waals surface area (Å²) in [6.45, 7) is 0. The monoisotopic (exact) mass is 290 g/mol. The SMILES string of the molecule is COC(=O)CC(O)C(O)c1ncc(Br)cn1. The van der Waals surface area contributed by atoms with E-state index in [-0.39, 0.29) is 12.2 Å². The Bertz CT molecular complexity index is 357. The van der Waals surface area contributed by atoms with E-state index in [0.717, 1.165) is 0 Å². The summed E-state index contributed by atoms with van der Waals surface area (Å²) in [6, 6.07) is 0. The van der Waals surface area contributed by atoms with Gasteiger partial charge in [0.2, 0.25) is 0 Å². The van der Waals surface area contributed by atoms with Crippen LogP contribution in [-0.4, -0.2) is 39.4 Å². The minimum atomic E-state index is -1.31. The molecule has 1 aromatic rings. The Morgan fingerprint density at radius 3 is 2.56 bits per heavy atom. The van der Waals surface area contributed by atoms with E-state index in [1.165, 1.54) is 19.5 Å². The maximum atomic E-state index is 10.9. The van der Waals surface area contributed by atoms with Gasteiger partial charge in [-0.1, -0.05) is 0 Å². The summed E-state index contributed by atoms with van der Waals surface area (Å²) in [4.78, 5) is 18.5. The Labute approximate surface area is 100 Å². The van der Waals surface area contributed by atoms with E-state index >= 15 is 0 Å². The molecule has 1 rings (SSSR count). The summed E-state index contributed by atoms with van der Waals surface area (Å²) in [5, 5.41) is 19.1. The molecule has 1 heterocycles. The van der Waals surface area contributed by atoms with Gasteiger partial charge in [0.05, 0.1) is 24.1 Å². The van der Waals surface area contributed by atoms with E-state index in [2.05, 4.69) is 30.6 Å². The number of hydrogen-bond acceptors (Lipinski definition) is 6. The lowest BCUT2D eigenvalue weighted by atomic mass is 10.1. The van der Waals surface area contributed by atoms with Crippen molar-refractivity contribution >= 4 is 21.9 Å². The molecule has 0 aliphatic rings. The number of carbonyl (C=O) groups is 1. The molecule has 0 spiro atoms. The van der Waals surface area contributed by atoms with Crippen molar-refractivity contribution in [1.29, 1.82) is 0 Å². The van der Waals surface area contributed by atoms with Crippen LogP contribution in [-0.2, 0) is 9.53 Å². The normalized spacial score (nSPS) is 14.2. The van der Waals surface area contributed by atoms with Crippen molar-refractivity contribution in [1.82, 2.24) is 9.97 Å². The second kappa shape index (κ2) is 5.88. The number of hydrogen-bond donors (Lipinski definition) is 2. The van der Waals surface area contributed by atoms with Crippen LogP contribution in [0.5, 0.6) is 0 Å². The number of methoxy groups -OCH3 is 1. The topological polar surface area (TPSA) is 92.5 Å². The second-order valence-corrected chi connectivity index (χ2v) is 3.97. The highest BCUT2D eigenvalue weighted by Gasteiger charge is 2.23. The molecule has 2 unspecified atom stereocenters. The third-order valence-corrected chi connectivity index (χ3v) is 2.28. The maximum Gasteiger partial charge on any atom is 0.308 e. The maximum absolute atomic E-state index is 10.9. The number of aliphatic hydroxyl groups excluding tert-OH is 2. The summed E-state index contributed by atoms with van der Waals surface area (Å²) in [7, 11) is 1.21. The van der Waals surface area contributed by atoms with E-state index in [1.807, 2.05) is 0 Å². The summed E-state index contributed by atoms with van der Waals surface area (Å²) in [5.74, 6) is -0.553. The number of nitrogens with zero attached hydrogens (tertiary/aromatic N) is 2. The van der Waals surface area contributed by atoms with Gasteiger partial charge in [0.15, 0.2) is 5.82 Å². The second-order valence-electron chi connectivity index (χ2n) is 3.05. The molecule has 88 valence electrons. The fraction of sp³-hybridized carbons (Fsp3) is 0.444. The van der Waals surface area contributed by atoms with Crippen molar-refractivity contribution in [2.75, 3.05) is 7.11 Å². The van der Waals surface area contributed by atoms with Gasteiger partial charge in [-0.3, -0.25) is 4.79 Å². The Morgan fingerprint density at radius 2 is 2.06 bits per heavy atom. The van der Waals surface area contributed by atoms with Gasteiger partial charge in [-0.25, -0.2) is 9.97 Å². The third-order valence-electron chi connectivity index (χ3n) is 1.87. The van der Waals surface area contributed by atoms with Gasteiger partial charge in [0.25, 0.3) is 0 Å². The highest BCUT2D eigenvalue weighted by Crippen LogP contribution is 2.16. The molecule has 0 bridgehead atoms. The van der Waals surface area contributed by atoms with Crippen molar-refractivity contribution in [3.05, 3.63) is 22.7 Å². The van der Waals surface area contributed by atoms with Gasteiger partial charge in [0.1, 0.15) is 6.10 Å². The predicted octanol–water partition coefficient (Wildman–Crippen LogP) is 0.196. The standard InChI is InChI=1S/C9H11BrN2O4/c1-16-7(14)2-6(13)8(15)9-11-3-5(10)4-12-9/h3-4,6,8,13,15H,2H2,1H3. The van der Waals surface area contributed by atoms with Crippen molar-refractivity contribution in [2.24, 2.45) is 0 Å². The molecule has 1 aromatic heterocycles. The largest absolute Gasteiger partial charge is 0.469 e. The summed E-state index contributed by atoms with van der Waals surface area (Å²) in [5.41, 5.74) is 0. The summed E-state index contributed by atoms with van der Waals surface area (Å²) >= 11 is 3.14. The fourth-order valence-electron chi connectivity index (χ4n) is 1.01. The van der Waals surface area contributed by atoms with E-state index in [0.29, 0.717) is 4.47 Å². The molecule has 0 aliphatic heterocycles. The van der Waals surface area contributed by atoms with Crippen LogP contribution in [0.3, 0.4) is 0 Å². The highest BCUT2D eigenvalue weighted by molar-refractivity contribution is 9.10. The van der Waals surface area contributed by atoms with E-state index in [1.54, 1.807) is 0 Å². The van der Waals surface area contributed by atoms with Crippen LogP contribution >= 0.6 is 15.9 Å². The molecular weight excluding hydrogens is 280 g/mol. The smallest absolute Gasteiger partial charge is 0.308 e. The first-order valence-electron chi connectivity index (χ1n) is 4.45. The van der Waals surface area contributed by atoms with Crippen LogP contribution in [0.4, 0.5) is 0 Å². The highest BCUT2D eigenvalue weighted by atomic mass is 79.9. The molecule has 0 amide bonds. The van der Waals surface area contributed by atoms with Crippen LogP contribution in [0.2, 0.25) is 0 Å². The molecular formula is C9H11BrN2O4.